The molecule has 0 aliphatic carbocycles. The van der Waals surface area contributed by atoms with Gasteiger partial charge in [0.15, 0.2) is 5.76 Å². The Labute approximate surface area is 121 Å². The van der Waals surface area contributed by atoms with Gasteiger partial charge in [-0.05, 0) is 25.1 Å². The van der Waals surface area contributed by atoms with Gasteiger partial charge in [0.1, 0.15) is 16.3 Å². The Hall–Kier alpha value is -2.54. The summed E-state index contributed by atoms with van der Waals surface area (Å²) in [6, 6.07) is 11.9. The Morgan fingerprint density at radius 1 is 1.19 bits per heavy atom. The van der Waals surface area contributed by atoms with Crippen molar-refractivity contribution < 1.29 is 12.8 Å². The van der Waals surface area contributed by atoms with Gasteiger partial charge in [0, 0.05) is 18.0 Å². The van der Waals surface area contributed by atoms with Gasteiger partial charge in [-0.15, -0.1) is 0 Å². The van der Waals surface area contributed by atoms with Crippen LogP contribution in [0.15, 0.2) is 58.0 Å². The molecular formula is C14H13N3O3S. The zero-order valence-electron chi connectivity index (χ0n) is 11.2. The van der Waals surface area contributed by atoms with Crippen LogP contribution < -0.4 is 4.72 Å². The minimum atomic E-state index is -3.69. The molecule has 2 aromatic heterocycles. The highest BCUT2D eigenvalue weighted by molar-refractivity contribution is 7.92. The molecule has 108 valence electrons. The van der Waals surface area contributed by atoms with Crippen molar-refractivity contribution in [3.63, 3.8) is 0 Å². The van der Waals surface area contributed by atoms with Gasteiger partial charge in [0.25, 0.3) is 10.0 Å². The number of aryl methyl sites for hydroxylation is 1. The molecular weight excluding hydrogens is 290 g/mol. The first kappa shape index (κ1) is 13.4. The quantitative estimate of drug-likeness (QED) is 0.775. The number of benzene rings is 1. The number of aromatic nitrogens is 2. The Balaban J connectivity index is 1.96. The van der Waals surface area contributed by atoms with Crippen molar-refractivity contribution >= 4 is 15.7 Å². The molecule has 0 atom stereocenters. The lowest BCUT2D eigenvalue weighted by Gasteiger charge is -2.06. The number of H-pyrrole nitrogens is 1. The molecule has 0 saturated carbocycles. The first-order chi connectivity index (χ1) is 10.1. The van der Waals surface area contributed by atoms with E-state index in [1.54, 1.807) is 43.5 Å². The molecule has 3 rings (SSSR count). The van der Waals surface area contributed by atoms with E-state index in [1.165, 1.54) is 6.07 Å². The van der Waals surface area contributed by atoms with Crippen molar-refractivity contribution in [2.24, 2.45) is 0 Å². The predicted molar refractivity (Wildman–Crippen MR) is 78.3 cm³/mol. The molecule has 7 heteroatoms. The minimum Gasteiger partial charge on any atom is -0.458 e. The Morgan fingerprint density at radius 3 is 2.62 bits per heavy atom. The summed E-state index contributed by atoms with van der Waals surface area (Å²) in [6.45, 7) is 1.61. The van der Waals surface area contributed by atoms with E-state index in [1.807, 2.05) is 6.07 Å². The molecule has 0 saturated heterocycles. The number of hydrogen-bond donors (Lipinski definition) is 2. The number of aromatic amines is 1. The molecule has 2 heterocycles. The van der Waals surface area contributed by atoms with Gasteiger partial charge in [-0.1, -0.05) is 18.2 Å². The summed E-state index contributed by atoms with van der Waals surface area (Å²) in [5.74, 6) is 0.751. The van der Waals surface area contributed by atoms with Gasteiger partial charge >= 0.3 is 0 Å². The van der Waals surface area contributed by atoms with Gasteiger partial charge < -0.3 is 4.42 Å². The maximum atomic E-state index is 12.4. The number of sulfonamides is 1. The summed E-state index contributed by atoms with van der Waals surface area (Å²) in [5.41, 5.74) is 1.13. The highest BCUT2D eigenvalue weighted by Crippen LogP contribution is 2.28. The number of nitrogens with one attached hydrogen (secondary N) is 2. The second-order valence-corrected chi connectivity index (χ2v) is 6.12. The van der Waals surface area contributed by atoms with Crippen molar-refractivity contribution in [2.45, 2.75) is 11.8 Å². The van der Waals surface area contributed by atoms with Crippen LogP contribution in [0.5, 0.6) is 0 Å². The van der Waals surface area contributed by atoms with Crippen LogP contribution in [0.25, 0.3) is 11.5 Å². The lowest BCUT2D eigenvalue weighted by molar-refractivity contribution is 0.534. The van der Waals surface area contributed by atoms with Crippen molar-refractivity contribution in [2.75, 3.05) is 4.72 Å². The maximum absolute atomic E-state index is 12.4. The van der Waals surface area contributed by atoms with Crippen molar-refractivity contribution in [3.05, 3.63) is 54.4 Å². The van der Waals surface area contributed by atoms with Gasteiger partial charge in [-0.3, -0.25) is 9.82 Å². The molecule has 21 heavy (non-hydrogen) atoms. The topological polar surface area (TPSA) is 88.0 Å². The highest BCUT2D eigenvalue weighted by atomic mass is 32.2. The number of para-hydroxylation sites is 1. The molecule has 1 aromatic carbocycles. The van der Waals surface area contributed by atoms with E-state index >= 15 is 0 Å². The number of anilines is 1. The van der Waals surface area contributed by atoms with E-state index in [0.29, 0.717) is 22.9 Å². The van der Waals surface area contributed by atoms with Gasteiger partial charge in [0.05, 0.1) is 0 Å². The third kappa shape index (κ3) is 2.68. The zero-order chi connectivity index (χ0) is 14.9. The summed E-state index contributed by atoms with van der Waals surface area (Å²) < 4.78 is 32.8. The molecule has 0 aliphatic rings. The van der Waals surface area contributed by atoms with Gasteiger partial charge in [-0.25, -0.2) is 8.42 Å². The summed E-state index contributed by atoms with van der Waals surface area (Å²) in [6.07, 6.45) is 1.57. The SMILES string of the molecule is Cc1oc(-c2ccn[nH]2)cc1S(=O)(=O)Nc1ccccc1. The molecule has 0 fully saturated rings. The zero-order valence-corrected chi connectivity index (χ0v) is 12.0. The Morgan fingerprint density at radius 2 is 1.95 bits per heavy atom. The van der Waals surface area contributed by atoms with Crippen LogP contribution in [-0.4, -0.2) is 18.6 Å². The normalized spacial score (nSPS) is 11.5. The van der Waals surface area contributed by atoms with E-state index in [2.05, 4.69) is 14.9 Å². The van der Waals surface area contributed by atoms with Crippen molar-refractivity contribution in [1.29, 1.82) is 0 Å². The minimum absolute atomic E-state index is 0.107. The second kappa shape index (κ2) is 5.10. The third-order valence-corrected chi connectivity index (χ3v) is 4.44. The Kier molecular flexibility index (Phi) is 3.26. The van der Waals surface area contributed by atoms with Crippen LogP contribution in [0.3, 0.4) is 0 Å². The summed E-state index contributed by atoms with van der Waals surface area (Å²) in [7, 11) is -3.69. The van der Waals surface area contributed by atoms with E-state index in [9.17, 15) is 8.42 Å². The van der Waals surface area contributed by atoms with Gasteiger partial charge in [0.2, 0.25) is 0 Å². The molecule has 0 amide bonds. The smallest absolute Gasteiger partial charge is 0.265 e. The first-order valence-electron chi connectivity index (χ1n) is 6.24. The van der Waals surface area contributed by atoms with Crippen LogP contribution in [0.4, 0.5) is 5.69 Å². The number of furan rings is 1. The fourth-order valence-electron chi connectivity index (χ4n) is 1.97. The summed E-state index contributed by atoms with van der Waals surface area (Å²) >= 11 is 0. The van der Waals surface area contributed by atoms with E-state index < -0.39 is 10.0 Å². The predicted octanol–water partition coefficient (Wildman–Crippen LogP) is 2.78. The number of hydrogen-bond acceptors (Lipinski definition) is 4. The number of nitrogens with zero attached hydrogens (tertiary/aromatic N) is 1. The van der Waals surface area contributed by atoms with Crippen LogP contribution >= 0.6 is 0 Å². The van der Waals surface area contributed by atoms with E-state index in [-0.39, 0.29) is 4.90 Å². The van der Waals surface area contributed by atoms with Gasteiger partial charge in [-0.2, -0.15) is 5.10 Å². The molecule has 0 unspecified atom stereocenters. The summed E-state index contributed by atoms with van der Waals surface area (Å²) in [5, 5.41) is 6.55. The largest absolute Gasteiger partial charge is 0.458 e. The molecule has 0 radical (unpaired) electrons. The Bertz CT molecular complexity index is 837. The summed E-state index contributed by atoms with van der Waals surface area (Å²) in [4.78, 5) is 0.107. The van der Waals surface area contributed by atoms with Crippen molar-refractivity contribution in [1.82, 2.24) is 10.2 Å². The first-order valence-corrected chi connectivity index (χ1v) is 7.72. The molecule has 0 aliphatic heterocycles. The van der Waals surface area contributed by atoms with Crippen LogP contribution in [0.1, 0.15) is 5.76 Å². The molecule has 3 aromatic rings. The average molecular weight is 303 g/mol. The van der Waals surface area contributed by atoms with Crippen LogP contribution in [0, 0.1) is 6.92 Å². The third-order valence-electron chi connectivity index (χ3n) is 2.95. The average Bonchev–Trinajstić information content (AvgIpc) is 3.08. The molecule has 2 N–H and O–H groups in total. The lowest BCUT2D eigenvalue weighted by atomic mass is 10.3. The van der Waals surface area contributed by atoms with Crippen LogP contribution in [-0.2, 0) is 10.0 Å². The fourth-order valence-corrected chi connectivity index (χ4v) is 3.21. The monoisotopic (exact) mass is 303 g/mol. The van der Waals surface area contributed by atoms with E-state index in [4.69, 9.17) is 4.42 Å². The number of rotatable bonds is 4. The standard InChI is InChI=1S/C14H13N3O3S/c1-10-14(9-13(20-10)12-7-8-15-16-12)21(18,19)17-11-5-3-2-4-6-11/h2-9,17H,1H3,(H,15,16). The molecule has 0 spiro atoms. The second-order valence-electron chi connectivity index (χ2n) is 4.47. The maximum Gasteiger partial charge on any atom is 0.265 e. The molecule has 0 bridgehead atoms. The van der Waals surface area contributed by atoms with E-state index in [0.717, 1.165) is 0 Å². The fraction of sp³-hybridized carbons (Fsp3) is 0.0714. The highest BCUT2D eigenvalue weighted by Gasteiger charge is 2.22. The molecule has 6 nitrogen and oxygen atoms in total. The van der Waals surface area contributed by atoms with Crippen LogP contribution in [0.2, 0.25) is 0 Å². The van der Waals surface area contributed by atoms with Crippen molar-refractivity contribution in [3.8, 4) is 11.5 Å². The lowest BCUT2D eigenvalue weighted by Crippen LogP contribution is -2.12.